The summed E-state index contributed by atoms with van der Waals surface area (Å²) in [6.45, 7) is 7.36. The summed E-state index contributed by atoms with van der Waals surface area (Å²) in [6, 6.07) is 9.72. The molecule has 1 aromatic carbocycles. The normalized spacial score (nSPS) is 12.5. The molecule has 2 rings (SSSR count). The maximum atomic E-state index is 12.1. The minimum Gasteiger partial charge on any atom is -0.357 e. The van der Waals surface area contributed by atoms with Gasteiger partial charge in [-0.15, -0.1) is 0 Å². The number of nitrogens with one attached hydrogen (secondary N) is 2. The van der Waals surface area contributed by atoms with Crippen LogP contribution >= 0.6 is 0 Å². The van der Waals surface area contributed by atoms with E-state index in [-0.39, 0.29) is 5.91 Å². The Kier molecular flexibility index (Phi) is 8.52. The van der Waals surface area contributed by atoms with Crippen LogP contribution in [0.4, 0.5) is 0 Å². The summed E-state index contributed by atoms with van der Waals surface area (Å²) in [7, 11) is 3.53. The predicted molar refractivity (Wildman–Crippen MR) is 114 cm³/mol. The third-order valence-electron chi connectivity index (χ3n) is 4.25. The molecule has 1 atom stereocenters. The Hall–Kier alpha value is -2.83. The second kappa shape index (κ2) is 11.1. The summed E-state index contributed by atoms with van der Waals surface area (Å²) in [6.07, 6.45) is 4.59. The van der Waals surface area contributed by atoms with Gasteiger partial charge in [0.2, 0.25) is 0 Å². The van der Waals surface area contributed by atoms with Crippen molar-refractivity contribution in [3.63, 3.8) is 0 Å². The SMILES string of the molecule is CCNC(=NCC(C)Cn1cccn1)NCCc1cccc(C(=O)N(C)C)c1. The number of benzene rings is 1. The molecular formula is C21H32N6O. The first kappa shape index (κ1) is 21.5. The number of carbonyl (C=O) groups is 1. The molecule has 0 fully saturated rings. The average molecular weight is 385 g/mol. The number of rotatable bonds is 9. The summed E-state index contributed by atoms with van der Waals surface area (Å²) in [5, 5.41) is 10.9. The number of hydrogen-bond donors (Lipinski definition) is 2. The molecule has 152 valence electrons. The van der Waals surface area contributed by atoms with Crippen LogP contribution in [0.1, 0.15) is 29.8 Å². The van der Waals surface area contributed by atoms with Gasteiger partial charge in [-0.05, 0) is 43.0 Å². The maximum Gasteiger partial charge on any atom is 0.253 e. The Labute approximate surface area is 167 Å². The zero-order chi connectivity index (χ0) is 20.4. The van der Waals surface area contributed by atoms with Gasteiger partial charge in [0.25, 0.3) is 5.91 Å². The third kappa shape index (κ3) is 7.06. The minimum atomic E-state index is 0.0240. The van der Waals surface area contributed by atoms with Crippen molar-refractivity contribution in [3.8, 4) is 0 Å². The minimum absolute atomic E-state index is 0.0240. The number of aliphatic imine (C=N–C) groups is 1. The second-order valence-electron chi connectivity index (χ2n) is 7.13. The Balaban J connectivity index is 1.85. The first-order valence-corrected chi connectivity index (χ1v) is 9.79. The first-order chi connectivity index (χ1) is 13.5. The van der Waals surface area contributed by atoms with E-state index in [4.69, 9.17) is 0 Å². The topological polar surface area (TPSA) is 74.5 Å². The van der Waals surface area contributed by atoms with E-state index >= 15 is 0 Å². The van der Waals surface area contributed by atoms with Gasteiger partial charge in [-0.25, -0.2) is 0 Å². The molecule has 2 N–H and O–H groups in total. The van der Waals surface area contributed by atoms with Gasteiger partial charge in [-0.1, -0.05) is 19.1 Å². The second-order valence-corrected chi connectivity index (χ2v) is 7.13. The van der Waals surface area contributed by atoms with Crippen LogP contribution in [0.3, 0.4) is 0 Å². The van der Waals surface area contributed by atoms with Crippen LogP contribution in [0.25, 0.3) is 0 Å². The van der Waals surface area contributed by atoms with Crippen molar-refractivity contribution >= 4 is 11.9 Å². The highest BCUT2D eigenvalue weighted by molar-refractivity contribution is 5.94. The van der Waals surface area contributed by atoms with Crippen LogP contribution in [-0.4, -0.2) is 60.3 Å². The van der Waals surface area contributed by atoms with Crippen LogP contribution < -0.4 is 10.6 Å². The van der Waals surface area contributed by atoms with Crippen molar-refractivity contribution in [3.05, 3.63) is 53.9 Å². The molecule has 0 bridgehead atoms. The lowest BCUT2D eigenvalue weighted by Gasteiger charge is -2.14. The fourth-order valence-corrected chi connectivity index (χ4v) is 2.82. The fraction of sp³-hybridized carbons (Fsp3) is 0.476. The fourth-order valence-electron chi connectivity index (χ4n) is 2.82. The summed E-state index contributed by atoms with van der Waals surface area (Å²) in [5.74, 6) is 1.23. The van der Waals surface area contributed by atoms with Crippen molar-refractivity contribution in [2.75, 3.05) is 33.7 Å². The molecular weight excluding hydrogens is 352 g/mol. The Bertz CT molecular complexity index is 754. The van der Waals surface area contributed by atoms with E-state index in [9.17, 15) is 4.79 Å². The highest BCUT2D eigenvalue weighted by Crippen LogP contribution is 2.08. The molecule has 7 nitrogen and oxygen atoms in total. The van der Waals surface area contributed by atoms with Crippen LogP contribution in [0.15, 0.2) is 47.7 Å². The number of nitrogens with zero attached hydrogens (tertiary/aromatic N) is 4. The van der Waals surface area contributed by atoms with E-state index in [0.717, 1.165) is 49.7 Å². The molecule has 0 spiro atoms. The van der Waals surface area contributed by atoms with Gasteiger partial charge < -0.3 is 15.5 Å². The van der Waals surface area contributed by atoms with Crippen molar-refractivity contribution in [1.82, 2.24) is 25.3 Å². The molecule has 0 saturated carbocycles. The van der Waals surface area contributed by atoms with Crippen LogP contribution in [-0.2, 0) is 13.0 Å². The Morgan fingerprint density at radius 3 is 2.79 bits per heavy atom. The average Bonchev–Trinajstić information content (AvgIpc) is 3.18. The largest absolute Gasteiger partial charge is 0.357 e. The molecule has 28 heavy (non-hydrogen) atoms. The van der Waals surface area contributed by atoms with Gasteiger partial charge in [0, 0.05) is 58.2 Å². The standard InChI is InChI=1S/C21H32N6O/c1-5-22-21(24-15-17(2)16-27-13-7-11-25-27)23-12-10-18-8-6-9-19(14-18)20(28)26(3)4/h6-9,11,13-14,17H,5,10,12,15-16H2,1-4H3,(H2,22,23,24). The van der Waals surface area contributed by atoms with E-state index in [1.165, 1.54) is 0 Å². The van der Waals surface area contributed by atoms with E-state index in [0.29, 0.717) is 5.92 Å². The van der Waals surface area contributed by atoms with E-state index in [2.05, 4.69) is 34.6 Å². The zero-order valence-corrected chi connectivity index (χ0v) is 17.4. The van der Waals surface area contributed by atoms with Gasteiger partial charge >= 0.3 is 0 Å². The molecule has 0 aliphatic carbocycles. The van der Waals surface area contributed by atoms with Gasteiger partial charge in [-0.3, -0.25) is 14.5 Å². The molecule has 1 amide bonds. The Morgan fingerprint density at radius 1 is 1.29 bits per heavy atom. The van der Waals surface area contributed by atoms with Crippen molar-refractivity contribution in [2.45, 2.75) is 26.8 Å². The molecule has 1 aromatic heterocycles. The number of carbonyl (C=O) groups excluding carboxylic acids is 1. The summed E-state index contributed by atoms with van der Waals surface area (Å²) < 4.78 is 1.93. The summed E-state index contributed by atoms with van der Waals surface area (Å²) in [5.41, 5.74) is 1.85. The molecule has 2 aromatic rings. The molecule has 0 aliphatic heterocycles. The monoisotopic (exact) mass is 384 g/mol. The van der Waals surface area contributed by atoms with Crippen molar-refractivity contribution < 1.29 is 4.79 Å². The van der Waals surface area contributed by atoms with Crippen molar-refractivity contribution in [2.24, 2.45) is 10.9 Å². The first-order valence-electron chi connectivity index (χ1n) is 9.79. The number of hydrogen-bond acceptors (Lipinski definition) is 3. The van der Waals surface area contributed by atoms with Gasteiger partial charge in [0.1, 0.15) is 0 Å². The summed E-state index contributed by atoms with van der Waals surface area (Å²) in [4.78, 5) is 18.4. The summed E-state index contributed by atoms with van der Waals surface area (Å²) >= 11 is 0. The molecule has 1 unspecified atom stereocenters. The van der Waals surface area contributed by atoms with Crippen molar-refractivity contribution in [1.29, 1.82) is 0 Å². The quantitative estimate of drug-likeness (QED) is 0.512. The number of guanidine groups is 1. The van der Waals surface area contributed by atoms with E-state index in [1.807, 2.05) is 41.2 Å². The van der Waals surface area contributed by atoms with Crippen LogP contribution in [0.5, 0.6) is 0 Å². The van der Waals surface area contributed by atoms with Gasteiger partial charge in [0.15, 0.2) is 5.96 Å². The number of aromatic nitrogens is 2. The zero-order valence-electron chi connectivity index (χ0n) is 17.4. The smallest absolute Gasteiger partial charge is 0.253 e. The Morgan fingerprint density at radius 2 is 2.11 bits per heavy atom. The molecule has 1 heterocycles. The molecule has 0 saturated heterocycles. The highest BCUT2D eigenvalue weighted by Gasteiger charge is 2.08. The van der Waals surface area contributed by atoms with Crippen LogP contribution in [0.2, 0.25) is 0 Å². The molecule has 0 aliphatic rings. The lowest BCUT2D eigenvalue weighted by Crippen LogP contribution is -2.38. The molecule has 0 radical (unpaired) electrons. The van der Waals surface area contributed by atoms with E-state index < -0.39 is 0 Å². The van der Waals surface area contributed by atoms with Gasteiger partial charge in [-0.2, -0.15) is 5.10 Å². The predicted octanol–water partition coefficient (Wildman–Crippen LogP) is 2.02. The lowest BCUT2D eigenvalue weighted by molar-refractivity contribution is 0.0827. The van der Waals surface area contributed by atoms with E-state index in [1.54, 1.807) is 25.2 Å². The molecule has 7 heteroatoms. The highest BCUT2D eigenvalue weighted by atomic mass is 16.2. The van der Waals surface area contributed by atoms with Crippen LogP contribution in [0, 0.1) is 5.92 Å². The maximum absolute atomic E-state index is 12.1. The number of amides is 1. The third-order valence-corrected chi connectivity index (χ3v) is 4.25. The van der Waals surface area contributed by atoms with Gasteiger partial charge in [0.05, 0.1) is 0 Å². The lowest BCUT2D eigenvalue weighted by atomic mass is 10.1.